The zero-order valence-corrected chi connectivity index (χ0v) is 10.8. The Morgan fingerprint density at radius 3 is 2.53 bits per heavy atom. The van der Waals surface area contributed by atoms with Crippen molar-refractivity contribution in [2.45, 2.75) is 13.8 Å². The summed E-state index contributed by atoms with van der Waals surface area (Å²) >= 11 is 0. The molecule has 0 aromatic heterocycles. The van der Waals surface area contributed by atoms with Crippen molar-refractivity contribution in [3.05, 3.63) is 53.1 Å². The van der Waals surface area contributed by atoms with Crippen molar-refractivity contribution in [1.82, 2.24) is 0 Å². The van der Waals surface area contributed by atoms with Gasteiger partial charge in [0.25, 0.3) is 5.91 Å². The Bertz CT molecular complexity index is 635. The third-order valence-corrected chi connectivity index (χ3v) is 2.88. The number of rotatable bonds is 2. The summed E-state index contributed by atoms with van der Waals surface area (Å²) in [5.41, 5.74) is 2.02. The Hall–Kier alpha value is -2.49. The van der Waals surface area contributed by atoms with E-state index in [4.69, 9.17) is 0 Å². The fourth-order valence-electron chi connectivity index (χ4n) is 1.78. The molecule has 0 spiro atoms. The lowest BCUT2D eigenvalue weighted by Gasteiger charge is -2.10. The SMILES string of the molecule is Cc1ccc(NC(=O)c2cccc(C)c2O)c(O)c1. The zero-order chi connectivity index (χ0) is 14.0. The van der Waals surface area contributed by atoms with Gasteiger partial charge in [0.05, 0.1) is 11.3 Å². The Labute approximate surface area is 111 Å². The molecule has 0 atom stereocenters. The van der Waals surface area contributed by atoms with Crippen LogP contribution >= 0.6 is 0 Å². The highest BCUT2D eigenvalue weighted by Crippen LogP contribution is 2.27. The highest BCUT2D eigenvalue weighted by atomic mass is 16.3. The second kappa shape index (κ2) is 5.02. The normalized spacial score (nSPS) is 10.2. The molecular formula is C15H15NO3. The lowest BCUT2D eigenvalue weighted by Crippen LogP contribution is -2.12. The molecule has 2 aromatic carbocycles. The van der Waals surface area contributed by atoms with E-state index >= 15 is 0 Å². The van der Waals surface area contributed by atoms with Gasteiger partial charge >= 0.3 is 0 Å². The number of para-hydroxylation sites is 1. The van der Waals surface area contributed by atoms with Crippen LogP contribution in [0.4, 0.5) is 5.69 Å². The van der Waals surface area contributed by atoms with Gasteiger partial charge in [-0.25, -0.2) is 0 Å². The van der Waals surface area contributed by atoms with Crippen LogP contribution in [0.1, 0.15) is 21.5 Å². The van der Waals surface area contributed by atoms with E-state index in [1.807, 2.05) is 6.92 Å². The number of aromatic hydroxyl groups is 2. The minimum Gasteiger partial charge on any atom is -0.507 e. The average Bonchev–Trinajstić information content (AvgIpc) is 2.36. The van der Waals surface area contributed by atoms with Gasteiger partial charge in [-0.15, -0.1) is 0 Å². The summed E-state index contributed by atoms with van der Waals surface area (Å²) in [4.78, 5) is 12.0. The number of carbonyl (C=O) groups excluding carboxylic acids is 1. The maximum atomic E-state index is 12.0. The molecule has 4 nitrogen and oxygen atoms in total. The van der Waals surface area contributed by atoms with E-state index in [1.165, 1.54) is 6.07 Å². The largest absolute Gasteiger partial charge is 0.507 e. The first kappa shape index (κ1) is 13.0. The van der Waals surface area contributed by atoms with Crippen molar-refractivity contribution in [2.24, 2.45) is 0 Å². The number of phenolic OH excluding ortho intramolecular Hbond substituents is 2. The molecule has 0 aliphatic carbocycles. The van der Waals surface area contributed by atoms with Gasteiger partial charge in [-0.05, 0) is 43.2 Å². The predicted octanol–water partition coefficient (Wildman–Crippen LogP) is 2.97. The van der Waals surface area contributed by atoms with Crippen molar-refractivity contribution in [3.63, 3.8) is 0 Å². The average molecular weight is 257 g/mol. The van der Waals surface area contributed by atoms with E-state index in [-0.39, 0.29) is 17.1 Å². The van der Waals surface area contributed by atoms with E-state index in [2.05, 4.69) is 5.32 Å². The highest BCUT2D eigenvalue weighted by molar-refractivity contribution is 6.07. The van der Waals surface area contributed by atoms with Gasteiger partial charge in [0, 0.05) is 0 Å². The van der Waals surface area contributed by atoms with Crippen LogP contribution in [0.2, 0.25) is 0 Å². The van der Waals surface area contributed by atoms with Crippen molar-refractivity contribution in [2.75, 3.05) is 5.32 Å². The maximum absolute atomic E-state index is 12.0. The van der Waals surface area contributed by atoms with Crippen LogP contribution in [0.25, 0.3) is 0 Å². The van der Waals surface area contributed by atoms with Crippen molar-refractivity contribution < 1.29 is 15.0 Å². The van der Waals surface area contributed by atoms with Crippen LogP contribution in [0.5, 0.6) is 11.5 Å². The van der Waals surface area contributed by atoms with Gasteiger partial charge in [0.1, 0.15) is 11.5 Å². The van der Waals surface area contributed by atoms with Crippen molar-refractivity contribution in [1.29, 1.82) is 0 Å². The van der Waals surface area contributed by atoms with Crippen molar-refractivity contribution >= 4 is 11.6 Å². The molecule has 0 saturated carbocycles. The standard InChI is InChI=1S/C15H15NO3/c1-9-6-7-12(13(17)8-9)16-15(19)11-5-3-4-10(2)14(11)18/h3-8,17-18H,1-2H3,(H,16,19). The molecule has 0 bridgehead atoms. The highest BCUT2D eigenvalue weighted by Gasteiger charge is 2.14. The minimum absolute atomic E-state index is 0.000456. The Balaban J connectivity index is 2.28. The smallest absolute Gasteiger partial charge is 0.259 e. The fourth-order valence-corrected chi connectivity index (χ4v) is 1.78. The van der Waals surface area contributed by atoms with E-state index < -0.39 is 5.91 Å². The monoisotopic (exact) mass is 257 g/mol. The Morgan fingerprint density at radius 1 is 1.11 bits per heavy atom. The van der Waals surface area contributed by atoms with Crippen LogP contribution in [0.15, 0.2) is 36.4 Å². The van der Waals surface area contributed by atoms with Gasteiger partial charge in [0.15, 0.2) is 0 Å². The topological polar surface area (TPSA) is 69.6 Å². The van der Waals surface area contributed by atoms with Crippen LogP contribution < -0.4 is 5.32 Å². The second-order valence-corrected chi connectivity index (χ2v) is 4.45. The number of nitrogens with one attached hydrogen (secondary N) is 1. The van der Waals surface area contributed by atoms with E-state index in [9.17, 15) is 15.0 Å². The van der Waals surface area contributed by atoms with E-state index in [1.54, 1.807) is 37.3 Å². The third-order valence-electron chi connectivity index (χ3n) is 2.88. The molecule has 0 heterocycles. The molecule has 0 fully saturated rings. The van der Waals surface area contributed by atoms with Crippen LogP contribution in [0, 0.1) is 13.8 Å². The molecule has 0 aliphatic heterocycles. The van der Waals surface area contributed by atoms with Gasteiger partial charge in [-0.2, -0.15) is 0 Å². The van der Waals surface area contributed by atoms with Crippen LogP contribution in [-0.4, -0.2) is 16.1 Å². The molecule has 4 heteroatoms. The molecule has 98 valence electrons. The van der Waals surface area contributed by atoms with Gasteiger partial charge < -0.3 is 15.5 Å². The summed E-state index contributed by atoms with van der Waals surface area (Å²) < 4.78 is 0. The number of aryl methyl sites for hydroxylation is 2. The summed E-state index contributed by atoms with van der Waals surface area (Å²) in [6.07, 6.45) is 0. The molecule has 1 amide bonds. The molecule has 3 N–H and O–H groups in total. The summed E-state index contributed by atoms with van der Waals surface area (Å²) in [7, 11) is 0. The molecule has 0 radical (unpaired) electrons. The van der Waals surface area contributed by atoms with Crippen LogP contribution in [0.3, 0.4) is 0 Å². The molecule has 0 unspecified atom stereocenters. The van der Waals surface area contributed by atoms with E-state index in [0.717, 1.165) is 5.56 Å². The van der Waals surface area contributed by atoms with Gasteiger partial charge in [0.2, 0.25) is 0 Å². The lowest BCUT2D eigenvalue weighted by molar-refractivity contribution is 0.102. The number of carbonyl (C=O) groups is 1. The molecule has 2 rings (SSSR count). The number of amides is 1. The number of anilines is 1. The second-order valence-electron chi connectivity index (χ2n) is 4.45. The fraction of sp³-hybridized carbons (Fsp3) is 0.133. The number of phenols is 2. The van der Waals surface area contributed by atoms with Crippen molar-refractivity contribution in [3.8, 4) is 11.5 Å². The maximum Gasteiger partial charge on any atom is 0.259 e. The number of hydrogen-bond donors (Lipinski definition) is 3. The van der Waals surface area contributed by atoms with Crippen LogP contribution in [-0.2, 0) is 0 Å². The minimum atomic E-state index is -0.458. The third kappa shape index (κ3) is 2.68. The van der Waals surface area contributed by atoms with E-state index in [0.29, 0.717) is 11.3 Å². The quantitative estimate of drug-likeness (QED) is 0.724. The summed E-state index contributed by atoms with van der Waals surface area (Å²) in [5.74, 6) is -0.507. The Kier molecular flexibility index (Phi) is 3.42. The molecule has 0 saturated heterocycles. The number of benzene rings is 2. The summed E-state index contributed by atoms with van der Waals surface area (Å²) in [5, 5.41) is 22.1. The first-order valence-electron chi connectivity index (χ1n) is 5.88. The van der Waals surface area contributed by atoms with Gasteiger partial charge in [-0.3, -0.25) is 4.79 Å². The van der Waals surface area contributed by atoms with Gasteiger partial charge in [-0.1, -0.05) is 18.2 Å². The predicted molar refractivity (Wildman–Crippen MR) is 73.6 cm³/mol. The molecule has 2 aromatic rings. The number of hydrogen-bond acceptors (Lipinski definition) is 3. The molecule has 19 heavy (non-hydrogen) atoms. The Morgan fingerprint density at radius 2 is 1.84 bits per heavy atom. The molecule has 0 aliphatic rings. The first-order valence-corrected chi connectivity index (χ1v) is 5.88. The molecular weight excluding hydrogens is 242 g/mol. The lowest BCUT2D eigenvalue weighted by atomic mass is 10.1. The zero-order valence-electron chi connectivity index (χ0n) is 10.8. The summed E-state index contributed by atoms with van der Waals surface area (Å²) in [6.45, 7) is 3.56. The first-order chi connectivity index (χ1) is 8.99. The summed E-state index contributed by atoms with van der Waals surface area (Å²) in [6, 6.07) is 9.91.